The lowest BCUT2D eigenvalue weighted by Gasteiger charge is -2.13. The molecule has 4 nitrogen and oxygen atoms in total. The Morgan fingerprint density at radius 1 is 1.39 bits per heavy atom. The van der Waals surface area contributed by atoms with Crippen molar-refractivity contribution < 1.29 is 14.1 Å². The molecule has 2 N–H and O–H groups in total. The third kappa shape index (κ3) is 4.98. The van der Waals surface area contributed by atoms with Crippen molar-refractivity contribution in [3.05, 3.63) is 35.9 Å². The minimum absolute atomic E-state index is 0.361. The molecule has 2 atom stereocenters. The molecule has 0 fully saturated rings. The van der Waals surface area contributed by atoms with Gasteiger partial charge in [0, 0.05) is 35.4 Å². The van der Waals surface area contributed by atoms with Gasteiger partial charge in [-0.15, -0.1) is 0 Å². The fourth-order valence-electron chi connectivity index (χ4n) is 1.61. The average molecular weight is 269 g/mol. The van der Waals surface area contributed by atoms with Crippen LogP contribution in [0.1, 0.15) is 18.4 Å². The van der Waals surface area contributed by atoms with E-state index < -0.39 is 22.7 Å². The number of rotatable bonds is 8. The van der Waals surface area contributed by atoms with Gasteiger partial charge in [-0.25, -0.2) is 0 Å². The molecular weight excluding hydrogens is 250 g/mol. The molecule has 1 aromatic rings. The predicted octanol–water partition coefficient (Wildman–Crippen LogP) is 1.21. The van der Waals surface area contributed by atoms with Gasteiger partial charge in [0.25, 0.3) is 0 Å². The summed E-state index contributed by atoms with van der Waals surface area (Å²) in [4.78, 5) is 11.2. The van der Waals surface area contributed by atoms with Crippen molar-refractivity contribution in [3.8, 4) is 0 Å². The Morgan fingerprint density at radius 3 is 2.61 bits per heavy atom. The number of carboxylic acid groups (broad SMARTS) is 1. The van der Waals surface area contributed by atoms with Gasteiger partial charge in [-0.1, -0.05) is 37.3 Å². The first-order chi connectivity index (χ1) is 8.65. The minimum atomic E-state index is -0.842. The lowest BCUT2D eigenvalue weighted by Crippen LogP contribution is -2.29. The smallest absolute Gasteiger partial charge is 0.312 e. The lowest BCUT2D eigenvalue weighted by molar-refractivity contribution is -0.138. The fraction of sp³-hybridized carbons (Fsp3) is 0.462. The molecule has 2 unspecified atom stereocenters. The zero-order valence-corrected chi connectivity index (χ0v) is 11.3. The zero-order valence-electron chi connectivity index (χ0n) is 10.5. The first-order valence-electron chi connectivity index (χ1n) is 5.98. The summed E-state index contributed by atoms with van der Waals surface area (Å²) in [6.45, 7) is 2.82. The van der Waals surface area contributed by atoms with Crippen molar-refractivity contribution in [1.82, 2.24) is 5.32 Å². The van der Waals surface area contributed by atoms with Gasteiger partial charge in [-0.05, 0) is 5.56 Å². The van der Waals surface area contributed by atoms with E-state index >= 15 is 0 Å². The van der Waals surface area contributed by atoms with E-state index in [1.807, 2.05) is 37.3 Å². The maximum atomic E-state index is 11.2. The average Bonchev–Trinajstić information content (AvgIpc) is 2.38. The van der Waals surface area contributed by atoms with Crippen LogP contribution in [0, 0.1) is 0 Å². The topological polar surface area (TPSA) is 66.4 Å². The largest absolute Gasteiger partial charge is 0.481 e. The Hall–Kier alpha value is -1.20. The summed E-state index contributed by atoms with van der Waals surface area (Å²) >= 11 is 0. The van der Waals surface area contributed by atoms with Crippen LogP contribution in [0.25, 0.3) is 0 Å². The van der Waals surface area contributed by atoms with Crippen LogP contribution in [0.4, 0.5) is 0 Å². The second kappa shape index (κ2) is 8.00. The van der Waals surface area contributed by atoms with Gasteiger partial charge in [0.15, 0.2) is 0 Å². The summed E-state index contributed by atoms with van der Waals surface area (Å²) in [5.74, 6) is -0.188. The third-order valence-electron chi connectivity index (χ3n) is 2.68. The summed E-state index contributed by atoms with van der Waals surface area (Å²) in [5.41, 5.74) is 0.786. The summed E-state index contributed by atoms with van der Waals surface area (Å²) in [6.07, 6.45) is 0. The third-order valence-corrected chi connectivity index (χ3v) is 3.98. The van der Waals surface area contributed by atoms with Crippen molar-refractivity contribution >= 4 is 16.8 Å². The number of hydrogen-bond acceptors (Lipinski definition) is 3. The molecule has 5 heteroatoms. The lowest BCUT2D eigenvalue weighted by atomic mass is 9.99. The minimum Gasteiger partial charge on any atom is -0.481 e. The first kappa shape index (κ1) is 14.9. The molecule has 100 valence electrons. The maximum absolute atomic E-state index is 11.2. The van der Waals surface area contributed by atoms with Crippen molar-refractivity contribution in [2.75, 3.05) is 24.6 Å². The number of aliphatic carboxylic acids is 1. The predicted molar refractivity (Wildman–Crippen MR) is 73.2 cm³/mol. The van der Waals surface area contributed by atoms with Crippen LogP contribution in [0.3, 0.4) is 0 Å². The molecule has 0 heterocycles. The van der Waals surface area contributed by atoms with E-state index in [0.717, 1.165) is 5.56 Å². The van der Waals surface area contributed by atoms with Gasteiger partial charge in [0.05, 0.1) is 5.92 Å². The van der Waals surface area contributed by atoms with Crippen LogP contribution < -0.4 is 5.32 Å². The molecule has 0 bridgehead atoms. The van der Waals surface area contributed by atoms with Crippen LogP contribution in [0.15, 0.2) is 30.3 Å². The van der Waals surface area contributed by atoms with Crippen molar-refractivity contribution in [2.24, 2.45) is 0 Å². The van der Waals surface area contributed by atoms with E-state index in [1.54, 1.807) is 0 Å². The first-order valence-corrected chi connectivity index (χ1v) is 7.47. The Balaban J connectivity index is 2.45. The Morgan fingerprint density at radius 2 is 2.06 bits per heavy atom. The molecule has 0 radical (unpaired) electrons. The van der Waals surface area contributed by atoms with Gasteiger partial charge >= 0.3 is 5.97 Å². The molecule has 0 spiro atoms. The van der Waals surface area contributed by atoms with Crippen molar-refractivity contribution in [2.45, 2.75) is 12.8 Å². The number of carbonyl (C=O) groups is 1. The van der Waals surface area contributed by atoms with E-state index in [9.17, 15) is 14.1 Å². The molecule has 0 saturated carbocycles. The summed E-state index contributed by atoms with van der Waals surface area (Å²) < 4.78 is 11.2. The van der Waals surface area contributed by atoms with E-state index in [4.69, 9.17) is 0 Å². The highest BCUT2D eigenvalue weighted by Gasteiger charge is 2.18. The summed E-state index contributed by atoms with van der Waals surface area (Å²) in [6, 6.07) is 9.14. The van der Waals surface area contributed by atoms with E-state index in [0.29, 0.717) is 24.6 Å². The summed E-state index contributed by atoms with van der Waals surface area (Å²) in [7, 11) is -0.807. The standard InChI is InChI=1S/C13H19NO3S/c1-2-18(17)9-8-14-10-12(13(15)16)11-6-4-3-5-7-11/h3-7,12,14H,2,8-10H2,1H3,(H,15,16). The molecule has 1 aromatic carbocycles. The van der Waals surface area contributed by atoms with Gasteiger partial charge < -0.3 is 10.4 Å². The van der Waals surface area contributed by atoms with Gasteiger partial charge in [0.2, 0.25) is 0 Å². The maximum Gasteiger partial charge on any atom is 0.312 e. The van der Waals surface area contributed by atoms with Gasteiger partial charge in [-0.2, -0.15) is 0 Å². The zero-order chi connectivity index (χ0) is 13.4. The molecule has 1 rings (SSSR count). The van der Waals surface area contributed by atoms with E-state index in [1.165, 1.54) is 0 Å². The molecule has 0 saturated heterocycles. The molecule has 0 aliphatic heterocycles. The number of carboxylic acids is 1. The Bertz CT molecular complexity index is 394. The number of nitrogens with one attached hydrogen (secondary N) is 1. The molecular formula is C13H19NO3S. The molecule has 0 aliphatic carbocycles. The molecule has 0 amide bonds. The second-order valence-electron chi connectivity index (χ2n) is 3.94. The van der Waals surface area contributed by atoms with Crippen molar-refractivity contribution in [1.29, 1.82) is 0 Å². The van der Waals surface area contributed by atoms with E-state index in [-0.39, 0.29) is 0 Å². The second-order valence-corrected chi connectivity index (χ2v) is 5.80. The normalized spacial score (nSPS) is 14.1. The highest BCUT2D eigenvalue weighted by atomic mass is 32.2. The van der Waals surface area contributed by atoms with Crippen LogP contribution in [0.2, 0.25) is 0 Å². The van der Waals surface area contributed by atoms with E-state index in [2.05, 4.69) is 5.32 Å². The van der Waals surface area contributed by atoms with Crippen LogP contribution in [-0.4, -0.2) is 39.9 Å². The molecule has 0 aliphatic rings. The monoisotopic (exact) mass is 269 g/mol. The Labute approximate surface area is 110 Å². The summed E-state index contributed by atoms with van der Waals surface area (Å²) in [5, 5.41) is 12.2. The Kier molecular flexibility index (Phi) is 6.60. The van der Waals surface area contributed by atoms with Crippen molar-refractivity contribution in [3.63, 3.8) is 0 Å². The number of benzene rings is 1. The fourth-order valence-corrected chi connectivity index (χ4v) is 2.27. The number of hydrogen-bond donors (Lipinski definition) is 2. The van der Waals surface area contributed by atoms with Gasteiger partial charge in [0.1, 0.15) is 0 Å². The molecule has 18 heavy (non-hydrogen) atoms. The highest BCUT2D eigenvalue weighted by Crippen LogP contribution is 2.14. The quantitative estimate of drug-likeness (QED) is 0.696. The van der Waals surface area contributed by atoms with Gasteiger partial charge in [-0.3, -0.25) is 9.00 Å². The van der Waals surface area contributed by atoms with Crippen LogP contribution in [-0.2, 0) is 15.6 Å². The molecule has 0 aromatic heterocycles. The highest BCUT2D eigenvalue weighted by molar-refractivity contribution is 7.84. The SMILES string of the molecule is CCS(=O)CCNCC(C(=O)O)c1ccccc1. The van der Waals surface area contributed by atoms with Crippen LogP contribution >= 0.6 is 0 Å². The van der Waals surface area contributed by atoms with Crippen LogP contribution in [0.5, 0.6) is 0 Å².